The summed E-state index contributed by atoms with van der Waals surface area (Å²) in [6.45, 7) is 4.59. The number of aromatic nitrogens is 1. The molecule has 26 heavy (non-hydrogen) atoms. The van der Waals surface area contributed by atoms with E-state index in [0.717, 1.165) is 14.0 Å². The Hall–Kier alpha value is -1.57. The third-order valence-corrected chi connectivity index (χ3v) is 7.61. The molecule has 5 nitrogen and oxygen atoms in total. The number of nitrogens with one attached hydrogen (secondary N) is 1. The molecular formula is C19H23N3O2S2. The van der Waals surface area contributed by atoms with Crippen molar-refractivity contribution in [1.82, 2.24) is 15.2 Å². The molecule has 5 heterocycles. The molecule has 0 radical (unpaired) electrons. The molecule has 1 N–H and O–H groups in total. The van der Waals surface area contributed by atoms with E-state index in [2.05, 4.69) is 22.1 Å². The molecule has 138 valence electrons. The van der Waals surface area contributed by atoms with Crippen LogP contribution in [0.5, 0.6) is 5.88 Å². The molecule has 3 aliphatic heterocycles. The van der Waals surface area contributed by atoms with Crippen LogP contribution in [-0.2, 0) is 0 Å². The number of fused-ring (bicyclic) bond motifs is 3. The predicted molar refractivity (Wildman–Crippen MR) is 104 cm³/mol. The molecule has 0 saturated carbocycles. The summed E-state index contributed by atoms with van der Waals surface area (Å²) in [6.07, 6.45) is 4.19. The van der Waals surface area contributed by atoms with Crippen LogP contribution in [0, 0.1) is 5.92 Å². The maximum absolute atomic E-state index is 12.7. The highest BCUT2D eigenvalue weighted by Gasteiger charge is 2.40. The van der Waals surface area contributed by atoms with Crippen LogP contribution < -0.4 is 10.1 Å². The van der Waals surface area contributed by atoms with Gasteiger partial charge >= 0.3 is 0 Å². The zero-order valence-corrected chi connectivity index (χ0v) is 16.6. The summed E-state index contributed by atoms with van der Waals surface area (Å²) in [4.78, 5) is 21.3. The van der Waals surface area contributed by atoms with Crippen molar-refractivity contribution in [1.29, 1.82) is 0 Å². The van der Waals surface area contributed by atoms with E-state index in [9.17, 15) is 4.79 Å². The van der Waals surface area contributed by atoms with Gasteiger partial charge < -0.3 is 10.1 Å². The molecule has 2 aromatic rings. The topological polar surface area (TPSA) is 54.5 Å². The molecule has 2 bridgehead atoms. The van der Waals surface area contributed by atoms with Crippen molar-refractivity contribution in [2.75, 3.05) is 20.2 Å². The Morgan fingerprint density at radius 1 is 1.31 bits per heavy atom. The first-order chi connectivity index (χ1) is 12.6. The number of rotatable bonds is 5. The lowest BCUT2D eigenvalue weighted by atomic mass is 9.79. The number of carbonyl (C=O) groups excluding carboxylic acids is 1. The van der Waals surface area contributed by atoms with E-state index < -0.39 is 0 Å². The molecule has 3 aliphatic rings. The summed E-state index contributed by atoms with van der Waals surface area (Å²) in [5, 5.41) is 3.30. The van der Waals surface area contributed by atoms with Gasteiger partial charge in [0.05, 0.1) is 16.2 Å². The molecule has 0 aliphatic carbocycles. The van der Waals surface area contributed by atoms with Crippen molar-refractivity contribution in [3.05, 3.63) is 35.3 Å². The number of pyridine rings is 1. The highest BCUT2D eigenvalue weighted by atomic mass is 32.2. The highest BCUT2D eigenvalue weighted by Crippen LogP contribution is 2.35. The van der Waals surface area contributed by atoms with Crippen LogP contribution in [-0.4, -0.2) is 48.1 Å². The van der Waals surface area contributed by atoms with Crippen molar-refractivity contribution in [2.45, 2.75) is 41.0 Å². The third-order valence-electron chi connectivity index (χ3n) is 5.42. The summed E-state index contributed by atoms with van der Waals surface area (Å²) in [5.74, 6) is 1.28. The number of ether oxygens (including phenoxy) is 1. The Morgan fingerprint density at radius 2 is 2.12 bits per heavy atom. The van der Waals surface area contributed by atoms with Gasteiger partial charge in [-0.25, -0.2) is 4.98 Å². The van der Waals surface area contributed by atoms with Crippen molar-refractivity contribution in [3.8, 4) is 5.88 Å². The van der Waals surface area contributed by atoms with E-state index in [1.807, 2.05) is 24.3 Å². The minimum atomic E-state index is 0.0558. The number of carbonyl (C=O) groups is 1. The molecular weight excluding hydrogens is 366 g/mol. The zero-order chi connectivity index (χ0) is 18.1. The quantitative estimate of drug-likeness (QED) is 0.848. The van der Waals surface area contributed by atoms with Crippen molar-refractivity contribution in [3.63, 3.8) is 0 Å². The number of nitrogens with zero attached hydrogens (tertiary/aromatic N) is 2. The van der Waals surface area contributed by atoms with Gasteiger partial charge in [-0.3, -0.25) is 9.69 Å². The maximum atomic E-state index is 12.7. The summed E-state index contributed by atoms with van der Waals surface area (Å²) in [6, 6.07) is 8.46. The molecule has 1 amide bonds. The van der Waals surface area contributed by atoms with Crippen LogP contribution in [0.1, 0.15) is 29.4 Å². The largest absolute Gasteiger partial charge is 0.481 e. The summed E-state index contributed by atoms with van der Waals surface area (Å²) >= 11 is 3.15. The average molecular weight is 390 g/mol. The smallest absolute Gasteiger partial charge is 0.261 e. The number of amides is 1. The number of hydrogen-bond acceptors (Lipinski definition) is 6. The lowest BCUT2D eigenvalue weighted by Gasteiger charge is -2.49. The predicted octanol–water partition coefficient (Wildman–Crippen LogP) is 3.52. The van der Waals surface area contributed by atoms with Crippen LogP contribution in [0.4, 0.5) is 0 Å². The highest BCUT2D eigenvalue weighted by molar-refractivity contribution is 8.01. The van der Waals surface area contributed by atoms with Crippen molar-refractivity contribution < 1.29 is 9.53 Å². The molecule has 2 atom stereocenters. The molecule has 3 saturated heterocycles. The molecule has 2 aromatic heterocycles. The van der Waals surface area contributed by atoms with E-state index in [-0.39, 0.29) is 11.9 Å². The fraction of sp³-hybridized carbons (Fsp3) is 0.474. The normalized spacial score (nSPS) is 27.3. The van der Waals surface area contributed by atoms with E-state index >= 15 is 0 Å². The van der Waals surface area contributed by atoms with Gasteiger partial charge in [-0.1, -0.05) is 11.8 Å². The monoisotopic (exact) mass is 389 g/mol. The number of methoxy groups -OCH3 is 1. The van der Waals surface area contributed by atoms with Crippen molar-refractivity contribution >= 4 is 29.0 Å². The minimum Gasteiger partial charge on any atom is -0.481 e. The van der Waals surface area contributed by atoms with Gasteiger partial charge in [0.2, 0.25) is 5.88 Å². The Morgan fingerprint density at radius 3 is 2.77 bits per heavy atom. The average Bonchev–Trinajstić information content (AvgIpc) is 3.14. The SMILES string of the molecule is COc1ccc(Sc2ccc(C(=O)N[C@@H]3C4CCN(CC4)[C@H]3C)s2)cn1. The van der Waals surface area contributed by atoms with Crippen LogP contribution in [0.25, 0.3) is 0 Å². The summed E-state index contributed by atoms with van der Waals surface area (Å²) < 4.78 is 6.17. The van der Waals surface area contributed by atoms with Crippen LogP contribution in [0.2, 0.25) is 0 Å². The second kappa shape index (κ2) is 7.58. The molecule has 3 fully saturated rings. The fourth-order valence-corrected chi connectivity index (χ4v) is 5.90. The van der Waals surface area contributed by atoms with Crippen LogP contribution in [0.3, 0.4) is 0 Å². The first-order valence-electron chi connectivity index (χ1n) is 8.96. The van der Waals surface area contributed by atoms with Gasteiger partial charge in [-0.05, 0) is 57.0 Å². The molecule has 0 unspecified atom stereocenters. The Balaban J connectivity index is 1.40. The third kappa shape index (κ3) is 3.61. The Labute approximate surface area is 162 Å². The second-order valence-electron chi connectivity index (χ2n) is 6.87. The van der Waals surface area contributed by atoms with E-state index in [4.69, 9.17) is 4.74 Å². The van der Waals surface area contributed by atoms with Gasteiger partial charge in [0, 0.05) is 29.2 Å². The Kier molecular flexibility index (Phi) is 5.20. The molecule has 5 rings (SSSR count). The van der Waals surface area contributed by atoms with Gasteiger partial charge in [-0.15, -0.1) is 11.3 Å². The van der Waals surface area contributed by atoms with Crippen LogP contribution in [0.15, 0.2) is 39.6 Å². The fourth-order valence-electron chi connectivity index (χ4n) is 3.93. The molecule has 0 spiro atoms. The summed E-state index contributed by atoms with van der Waals surface area (Å²) in [5.41, 5.74) is 0. The standard InChI is InChI=1S/C19H23N3O2S2/c1-12-18(13-7-9-22(12)10-8-13)21-19(23)15-4-6-17(26-15)25-14-3-5-16(24-2)20-11-14/h3-6,11-13,18H,7-10H2,1-2H3,(H,21,23)/t12-,18-/m0/s1. The Bertz CT molecular complexity index is 767. The molecule has 7 heteroatoms. The number of piperidine rings is 3. The van der Waals surface area contributed by atoms with Gasteiger partial charge in [0.15, 0.2) is 0 Å². The lowest BCUT2D eigenvalue weighted by molar-refractivity contribution is 0.0218. The van der Waals surface area contributed by atoms with Crippen LogP contribution >= 0.6 is 23.1 Å². The molecule has 0 aromatic carbocycles. The summed E-state index contributed by atoms with van der Waals surface area (Å²) in [7, 11) is 1.61. The van der Waals surface area contributed by atoms with E-state index in [1.54, 1.807) is 25.1 Å². The second-order valence-corrected chi connectivity index (χ2v) is 9.33. The maximum Gasteiger partial charge on any atom is 0.261 e. The van der Waals surface area contributed by atoms with Gasteiger partial charge in [0.1, 0.15) is 0 Å². The van der Waals surface area contributed by atoms with Crippen molar-refractivity contribution in [2.24, 2.45) is 5.92 Å². The van der Waals surface area contributed by atoms with Gasteiger partial charge in [-0.2, -0.15) is 0 Å². The van der Waals surface area contributed by atoms with E-state index in [1.165, 1.54) is 37.3 Å². The first kappa shape index (κ1) is 17.8. The van der Waals surface area contributed by atoms with Gasteiger partial charge in [0.25, 0.3) is 5.91 Å². The number of hydrogen-bond donors (Lipinski definition) is 1. The zero-order valence-electron chi connectivity index (χ0n) is 15.0. The number of thiophene rings is 1. The minimum absolute atomic E-state index is 0.0558. The first-order valence-corrected chi connectivity index (χ1v) is 10.6. The van der Waals surface area contributed by atoms with E-state index in [0.29, 0.717) is 17.8 Å². The lowest BCUT2D eigenvalue weighted by Crippen LogP contribution is -2.62.